The second kappa shape index (κ2) is 6.38. The first-order valence-electron chi connectivity index (χ1n) is 12.6. The Morgan fingerprint density at radius 2 is 1.85 bits per heavy atom. The van der Waals surface area contributed by atoms with E-state index in [1.54, 1.807) is 0 Å². The normalized spacial score (nSPS) is 40.9. The van der Waals surface area contributed by atoms with Gasteiger partial charge in [-0.15, -0.1) is 0 Å². The summed E-state index contributed by atoms with van der Waals surface area (Å²) in [7, 11) is 2.22. The number of likely N-dealkylation sites (tertiary alicyclic amines) is 1. The Hall–Kier alpha value is -2.50. The zero-order valence-electron chi connectivity index (χ0n) is 19.3. The van der Waals surface area contributed by atoms with Crippen molar-refractivity contribution in [1.82, 2.24) is 4.90 Å². The fraction of sp³-hybridized carbons (Fsp3) is 0.400. The summed E-state index contributed by atoms with van der Waals surface area (Å²) in [5.41, 5.74) is 7.52. The Morgan fingerprint density at radius 3 is 2.76 bits per heavy atom. The summed E-state index contributed by atoms with van der Waals surface area (Å²) in [6.07, 6.45) is 9.21. The van der Waals surface area contributed by atoms with Crippen LogP contribution in [0.2, 0.25) is 0 Å². The summed E-state index contributed by atoms with van der Waals surface area (Å²) in [5.74, 6) is 0.285. The van der Waals surface area contributed by atoms with E-state index in [0.717, 1.165) is 31.4 Å². The second-order valence-electron chi connectivity index (χ2n) is 11.1. The second-order valence-corrected chi connectivity index (χ2v) is 11.1. The summed E-state index contributed by atoms with van der Waals surface area (Å²) in [5, 5.41) is 23.0. The minimum absolute atomic E-state index is 0.279. The van der Waals surface area contributed by atoms with Crippen LogP contribution in [0.25, 0.3) is 11.1 Å². The molecule has 2 unspecified atom stereocenters. The molecule has 0 saturated carbocycles. The van der Waals surface area contributed by atoms with Gasteiger partial charge in [0.05, 0.1) is 12.2 Å². The van der Waals surface area contributed by atoms with Crippen molar-refractivity contribution in [2.24, 2.45) is 11.3 Å². The molecule has 4 heteroatoms. The Bertz CT molecular complexity index is 1340. The van der Waals surface area contributed by atoms with E-state index in [2.05, 4.69) is 66.6 Å². The summed E-state index contributed by atoms with van der Waals surface area (Å²) in [4.78, 5) is 2.48. The van der Waals surface area contributed by atoms with Gasteiger partial charge in [-0.25, -0.2) is 0 Å². The molecule has 0 aromatic heterocycles. The topological polar surface area (TPSA) is 52.9 Å². The summed E-state index contributed by atoms with van der Waals surface area (Å²) >= 11 is 0. The van der Waals surface area contributed by atoms with Crippen LogP contribution in [-0.2, 0) is 16.8 Å². The number of benzene rings is 2. The first kappa shape index (κ1) is 19.8. The maximum absolute atomic E-state index is 11.8. The van der Waals surface area contributed by atoms with Crippen molar-refractivity contribution in [1.29, 1.82) is 0 Å². The minimum atomic E-state index is -0.950. The average Bonchev–Trinajstić information content (AvgIpc) is 3.39. The van der Waals surface area contributed by atoms with Gasteiger partial charge in [-0.2, -0.15) is 0 Å². The molecule has 2 aliphatic heterocycles. The number of nitrogens with zero attached hydrogens (tertiary/aromatic N) is 1. The molecule has 0 radical (unpaired) electrons. The molecule has 172 valence electrons. The van der Waals surface area contributed by atoms with E-state index in [-0.39, 0.29) is 17.4 Å². The van der Waals surface area contributed by atoms with Crippen LogP contribution < -0.4 is 0 Å². The van der Waals surface area contributed by atoms with Crippen LogP contribution in [0.1, 0.15) is 29.5 Å². The maximum Gasteiger partial charge on any atom is 0.146 e. The molecule has 2 bridgehead atoms. The van der Waals surface area contributed by atoms with Crippen molar-refractivity contribution in [3.63, 3.8) is 0 Å². The fourth-order valence-electron chi connectivity index (χ4n) is 8.52. The third-order valence-corrected chi connectivity index (χ3v) is 9.83. The molecule has 4 nitrogen and oxygen atoms in total. The smallest absolute Gasteiger partial charge is 0.146 e. The number of hydrogen-bond donors (Lipinski definition) is 2. The molecule has 2 fully saturated rings. The van der Waals surface area contributed by atoms with E-state index in [9.17, 15) is 10.2 Å². The number of rotatable bonds is 1. The number of hydrogen-bond acceptors (Lipinski definition) is 4. The Morgan fingerprint density at radius 1 is 1.00 bits per heavy atom. The molecule has 7 atom stereocenters. The SMILES string of the molecule is CN1CC[C@]23C4=C5C=CC(O)C4(c4cccc6c4Cc4ccccc4-6)O[C@H]2[C@@H](O)C=C[C@H]3[C@H]1C5. The quantitative estimate of drug-likeness (QED) is 0.554. The third kappa shape index (κ3) is 2.07. The standard InChI is InChI=1S/C30H29NO3/c1-31-14-13-29-23-10-11-25(32)28(29)34-30(26(33)12-9-18(27(29)30)16-24(23)31)22-8-4-7-20-19-6-3-2-5-17(19)15-21(20)22/h2-12,23-26,28,32-33H,13-16H2,1H3/t23-,24+,25-,26?,28-,29-,30?/m0/s1. The highest BCUT2D eigenvalue weighted by molar-refractivity contribution is 5.79. The van der Waals surface area contributed by atoms with Gasteiger partial charge in [0.2, 0.25) is 0 Å². The molecule has 2 aromatic rings. The van der Waals surface area contributed by atoms with Crippen molar-refractivity contribution in [3.05, 3.63) is 94.6 Å². The van der Waals surface area contributed by atoms with Gasteiger partial charge in [-0.1, -0.05) is 66.8 Å². The summed E-state index contributed by atoms with van der Waals surface area (Å²) < 4.78 is 7.11. The molecule has 8 rings (SSSR count). The molecule has 2 saturated heterocycles. The predicted molar refractivity (Wildman–Crippen MR) is 130 cm³/mol. The van der Waals surface area contributed by atoms with Crippen molar-refractivity contribution in [2.45, 2.75) is 49.2 Å². The average molecular weight is 452 g/mol. The first-order valence-corrected chi connectivity index (χ1v) is 12.6. The van der Waals surface area contributed by atoms with Gasteiger partial charge in [0.25, 0.3) is 0 Å². The van der Waals surface area contributed by atoms with Crippen LogP contribution >= 0.6 is 0 Å². The van der Waals surface area contributed by atoms with Gasteiger partial charge >= 0.3 is 0 Å². The molecule has 2 N–H and O–H groups in total. The monoisotopic (exact) mass is 451 g/mol. The number of allylic oxidation sites excluding steroid dienone is 1. The zero-order valence-corrected chi connectivity index (χ0v) is 19.3. The van der Waals surface area contributed by atoms with E-state index < -0.39 is 17.8 Å². The molecule has 6 aliphatic rings. The molecular weight excluding hydrogens is 422 g/mol. The van der Waals surface area contributed by atoms with Crippen molar-refractivity contribution in [3.8, 4) is 11.1 Å². The van der Waals surface area contributed by atoms with Gasteiger partial charge in [0.15, 0.2) is 0 Å². The Kier molecular flexibility index (Phi) is 3.71. The van der Waals surface area contributed by atoms with E-state index in [0.29, 0.717) is 6.04 Å². The Labute approximate surface area is 199 Å². The van der Waals surface area contributed by atoms with Gasteiger partial charge in [-0.3, -0.25) is 0 Å². The van der Waals surface area contributed by atoms with Crippen molar-refractivity contribution < 1.29 is 14.9 Å². The van der Waals surface area contributed by atoms with Crippen LogP contribution in [0.15, 0.2) is 77.9 Å². The first-order chi connectivity index (χ1) is 16.6. The van der Waals surface area contributed by atoms with Gasteiger partial charge in [0, 0.05) is 17.4 Å². The van der Waals surface area contributed by atoms with Crippen LogP contribution in [0.3, 0.4) is 0 Å². The highest BCUT2D eigenvalue weighted by atomic mass is 16.5. The molecule has 2 aromatic carbocycles. The largest absolute Gasteiger partial charge is 0.386 e. The number of aliphatic hydroxyl groups is 2. The number of fused-ring (bicyclic) bond motifs is 3. The van der Waals surface area contributed by atoms with Crippen molar-refractivity contribution in [2.75, 3.05) is 13.6 Å². The van der Waals surface area contributed by atoms with E-state index in [1.165, 1.54) is 33.4 Å². The lowest BCUT2D eigenvalue weighted by molar-refractivity contribution is -0.145. The predicted octanol–water partition coefficient (Wildman–Crippen LogP) is 3.72. The molecule has 4 aliphatic carbocycles. The lowest BCUT2D eigenvalue weighted by atomic mass is 9.49. The molecule has 2 heterocycles. The molecule has 34 heavy (non-hydrogen) atoms. The molecule has 0 amide bonds. The van der Waals surface area contributed by atoms with Crippen LogP contribution in [0.5, 0.6) is 0 Å². The number of aliphatic hydroxyl groups excluding tert-OH is 2. The van der Waals surface area contributed by atoms with E-state index in [1.807, 2.05) is 12.2 Å². The van der Waals surface area contributed by atoms with Gasteiger partial charge in [-0.05, 0) is 71.8 Å². The van der Waals surface area contributed by atoms with Crippen molar-refractivity contribution >= 4 is 0 Å². The number of ether oxygens (including phenoxy) is 1. The summed E-state index contributed by atoms with van der Waals surface area (Å²) in [6, 6.07) is 15.5. The molecule has 1 spiro atoms. The van der Waals surface area contributed by atoms with Crippen LogP contribution in [-0.4, -0.2) is 53.1 Å². The lowest BCUT2D eigenvalue weighted by Crippen LogP contribution is -2.62. The minimum Gasteiger partial charge on any atom is -0.386 e. The summed E-state index contributed by atoms with van der Waals surface area (Å²) in [6.45, 7) is 0.979. The third-order valence-electron chi connectivity index (χ3n) is 9.83. The van der Waals surface area contributed by atoms with Gasteiger partial charge in [0.1, 0.15) is 11.7 Å². The zero-order chi connectivity index (χ0) is 22.8. The fourth-order valence-corrected chi connectivity index (χ4v) is 8.52. The highest BCUT2D eigenvalue weighted by Crippen LogP contribution is 2.69. The Balaban J connectivity index is 1.42. The lowest BCUT2D eigenvalue weighted by Gasteiger charge is -2.58. The van der Waals surface area contributed by atoms with E-state index in [4.69, 9.17) is 4.74 Å². The number of piperidine rings is 1. The van der Waals surface area contributed by atoms with Gasteiger partial charge < -0.3 is 19.8 Å². The van der Waals surface area contributed by atoms with Crippen LogP contribution in [0.4, 0.5) is 0 Å². The highest BCUT2D eigenvalue weighted by Gasteiger charge is 2.72. The molecular formula is C30H29NO3. The van der Waals surface area contributed by atoms with E-state index >= 15 is 0 Å². The van der Waals surface area contributed by atoms with Crippen LogP contribution in [0, 0.1) is 11.3 Å². The maximum atomic E-state index is 11.8.